The van der Waals surface area contributed by atoms with Crippen LogP contribution in [0, 0.1) is 0 Å². The molecular formula is C9H16N2OS. The van der Waals surface area contributed by atoms with E-state index in [1.807, 2.05) is 11.4 Å². The predicted molar refractivity (Wildman–Crippen MR) is 55.8 cm³/mol. The molecule has 0 saturated carbocycles. The van der Waals surface area contributed by atoms with Gasteiger partial charge in [0.15, 0.2) is 0 Å². The number of hydrazine groups is 1. The van der Waals surface area contributed by atoms with Crippen molar-refractivity contribution in [2.45, 2.75) is 25.8 Å². The predicted octanol–water partition coefficient (Wildman–Crippen LogP) is 2.06. The molecule has 0 aromatic carbocycles. The van der Waals surface area contributed by atoms with Crippen LogP contribution in [0.15, 0.2) is 11.4 Å². The molecule has 0 spiro atoms. The third-order valence-electron chi connectivity index (χ3n) is 1.97. The molecule has 0 saturated heterocycles. The molecule has 0 aliphatic carbocycles. The minimum absolute atomic E-state index is 0.222. The topological polar surface area (TPSA) is 47.3 Å². The molecule has 1 atom stereocenters. The van der Waals surface area contributed by atoms with E-state index >= 15 is 0 Å². The molecule has 13 heavy (non-hydrogen) atoms. The summed E-state index contributed by atoms with van der Waals surface area (Å²) in [5.41, 5.74) is 2.81. The molecule has 0 aliphatic rings. The minimum Gasteiger partial charge on any atom is -0.496 e. The Kier molecular flexibility index (Phi) is 4.21. The van der Waals surface area contributed by atoms with Gasteiger partial charge in [0.25, 0.3) is 0 Å². The van der Waals surface area contributed by atoms with E-state index in [1.54, 1.807) is 18.4 Å². The molecule has 74 valence electrons. The normalized spacial score (nSPS) is 12.8. The first-order chi connectivity index (χ1) is 6.33. The summed E-state index contributed by atoms with van der Waals surface area (Å²) in [5, 5.41) is 2.02. The first-order valence-corrected chi connectivity index (χ1v) is 5.29. The summed E-state index contributed by atoms with van der Waals surface area (Å²) in [6.07, 6.45) is 2.14. The van der Waals surface area contributed by atoms with E-state index in [4.69, 9.17) is 10.6 Å². The summed E-state index contributed by atoms with van der Waals surface area (Å²) in [7, 11) is 1.69. The second-order valence-electron chi connectivity index (χ2n) is 2.86. The van der Waals surface area contributed by atoms with Crippen molar-refractivity contribution in [3.05, 3.63) is 16.3 Å². The Morgan fingerprint density at radius 1 is 1.69 bits per heavy atom. The lowest BCUT2D eigenvalue weighted by molar-refractivity contribution is 0.400. The molecule has 1 heterocycles. The second kappa shape index (κ2) is 5.21. The maximum absolute atomic E-state index is 5.47. The molecular weight excluding hydrogens is 184 g/mol. The number of methoxy groups -OCH3 is 1. The number of hydrogen-bond donors (Lipinski definition) is 2. The Morgan fingerprint density at radius 2 is 2.46 bits per heavy atom. The van der Waals surface area contributed by atoms with Crippen molar-refractivity contribution in [2.24, 2.45) is 5.84 Å². The van der Waals surface area contributed by atoms with Gasteiger partial charge >= 0.3 is 0 Å². The maximum atomic E-state index is 5.47. The Bertz CT molecular complexity index is 250. The van der Waals surface area contributed by atoms with E-state index in [0.29, 0.717) is 0 Å². The van der Waals surface area contributed by atoms with Gasteiger partial charge in [0, 0.05) is 0 Å². The summed E-state index contributed by atoms with van der Waals surface area (Å²) in [5.74, 6) is 6.41. The first kappa shape index (κ1) is 10.5. The summed E-state index contributed by atoms with van der Waals surface area (Å²) in [6, 6.07) is 2.19. The average molecular weight is 200 g/mol. The third kappa shape index (κ3) is 2.43. The second-order valence-corrected chi connectivity index (χ2v) is 3.81. The summed E-state index contributed by atoms with van der Waals surface area (Å²) < 4.78 is 5.23. The molecule has 1 aromatic rings. The minimum atomic E-state index is 0.222. The SMILES string of the molecule is CCCC(NN)c1sccc1OC. The molecule has 3 nitrogen and oxygen atoms in total. The summed E-state index contributed by atoms with van der Waals surface area (Å²) in [6.45, 7) is 2.14. The van der Waals surface area contributed by atoms with Crippen LogP contribution in [0.4, 0.5) is 0 Å². The molecule has 0 amide bonds. The van der Waals surface area contributed by atoms with Gasteiger partial charge in [-0.2, -0.15) is 0 Å². The Morgan fingerprint density at radius 3 is 3.00 bits per heavy atom. The fourth-order valence-electron chi connectivity index (χ4n) is 1.31. The molecule has 0 bridgehead atoms. The van der Waals surface area contributed by atoms with Crippen LogP contribution in [0.25, 0.3) is 0 Å². The zero-order chi connectivity index (χ0) is 9.68. The number of ether oxygens (including phenoxy) is 1. The van der Waals surface area contributed by atoms with Crippen LogP contribution in [-0.2, 0) is 0 Å². The van der Waals surface area contributed by atoms with Crippen LogP contribution >= 0.6 is 11.3 Å². The fourth-order valence-corrected chi connectivity index (χ4v) is 2.27. The number of nitrogens with one attached hydrogen (secondary N) is 1. The van der Waals surface area contributed by atoms with Crippen LogP contribution in [-0.4, -0.2) is 7.11 Å². The molecule has 0 aliphatic heterocycles. The van der Waals surface area contributed by atoms with Crippen LogP contribution in [0.2, 0.25) is 0 Å². The van der Waals surface area contributed by atoms with Crippen LogP contribution in [0.5, 0.6) is 5.75 Å². The van der Waals surface area contributed by atoms with Crippen molar-refractivity contribution < 1.29 is 4.74 Å². The highest BCUT2D eigenvalue weighted by Gasteiger charge is 2.14. The highest BCUT2D eigenvalue weighted by Crippen LogP contribution is 2.32. The van der Waals surface area contributed by atoms with E-state index in [1.165, 1.54) is 4.88 Å². The van der Waals surface area contributed by atoms with Crippen molar-refractivity contribution in [3.8, 4) is 5.75 Å². The lowest BCUT2D eigenvalue weighted by Crippen LogP contribution is -2.27. The van der Waals surface area contributed by atoms with Crippen molar-refractivity contribution in [1.29, 1.82) is 0 Å². The number of thiophene rings is 1. The van der Waals surface area contributed by atoms with Crippen LogP contribution in [0.3, 0.4) is 0 Å². The zero-order valence-electron chi connectivity index (χ0n) is 8.04. The fraction of sp³-hybridized carbons (Fsp3) is 0.556. The number of rotatable bonds is 5. The Hall–Kier alpha value is -0.580. The van der Waals surface area contributed by atoms with E-state index in [2.05, 4.69) is 12.3 Å². The van der Waals surface area contributed by atoms with Crippen LogP contribution < -0.4 is 16.0 Å². The van der Waals surface area contributed by atoms with Crippen LogP contribution in [0.1, 0.15) is 30.7 Å². The van der Waals surface area contributed by atoms with Gasteiger partial charge in [0.2, 0.25) is 0 Å². The average Bonchev–Trinajstić information content (AvgIpc) is 2.61. The standard InChI is InChI=1S/C9H16N2OS/c1-3-4-7(11-10)9-8(12-2)5-6-13-9/h5-7,11H,3-4,10H2,1-2H3. The van der Waals surface area contributed by atoms with Gasteiger partial charge in [-0.15, -0.1) is 11.3 Å². The zero-order valence-corrected chi connectivity index (χ0v) is 8.86. The largest absolute Gasteiger partial charge is 0.496 e. The lowest BCUT2D eigenvalue weighted by Gasteiger charge is -2.14. The van der Waals surface area contributed by atoms with Gasteiger partial charge in [-0.1, -0.05) is 13.3 Å². The Labute approximate surface area is 82.9 Å². The molecule has 1 unspecified atom stereocenters. The molecule has 1 aromatic heterocycles. The van der Waals surface area contributed by atoms with E-state index in [9.17, 15) is 0 Å². The Balaban J connectivity index is 2.77. The molecule has 3 N–H and O–H groups in total. The van der Waals surface area contributed by atoms with Gasteiger partial charge in [0.05, 0.1) is 18.0 Å². The molecule has 4 heteroatoms. The summed E-state index contributed by atoms with van der Waals surface area (Å²) >= 11 is 1.68. The van der Waals surface area contributed by atoms with Gasteiger partial charge in [0.1, 0.15) is 5.75 Å². The highest BCUT2D eigenvalue weighted by atomic mass is 32.1. The van der Waals surface area contributed by atoms with Crippen molar-refractivity contribution in [1.82, 2.24) is 5.43 Å². The van der Waals surface area contributed by atoms with Gasteiger partial charge in [-0.3, -0.25) is 11.3 Å². The first-order valence-electron chi connectivity index (χ1n) is 4.41. The smallest absolute Gasteiger partial charge is 0.134 e. The molecule has 1 rings (SSSR count). The quantitative estimate of drug-likeness (QED) is 0.565. The van der Waals surface area contributed by atoms with E-state index < -0.39 is 0 Å². The van der Waals surface area contributed by atoms with E-state index in [-0.39, 0.29) is 6.04 Å². The van der Waals surface area contributed by atoms with Crippen molar-refractivity contribution >= 4 is 11.3 Å². The molecule has 0 radical (unpaired) electrons. The van der Waals surface area contributed by atoms with Gasteiger partial charge < -0.3 is 4.74 Å². The van der Waals surface area contributed by atoms with Gasteiger partial charge in [-0.05, 0) is 17.9 Å². The lowest BCUT2D eigenvalue weighted by atomic mass is 10.1. The number of hydrogen-bond acceptors (Lipinski definition) is 4. The highest BCUT2D eigenvalue weighted by molar-refractivity contribution is 7.10. The van der Waals surface area contributed by atoms with Gasteiger partial charge in [-0.25, -0.2) is 0 Å². The van der Waals surface area contributed by atoms with Crippen molar-refractivity contribution in [3.63, 3.8) is 0 Å². The van der Waals surface area contributed by atoms with E-state index in [0.717, 1.165) is 18.6 Å². The molecule has 0 fully saturated rings. The van der Waals surface area contributed by atoms with Crippen molar-refractivity contribution in [2.75, 3.05) is 7.11 Å². The third-order valence-corrected chi connectivity index (χ3v) is 2.98. The number of nitrogens with two attached hydrogens (primary N) is 1. The monoisotopic (exact) mass is 200 g/mol. The summed E-state index contributed by atoms with van der Waals surface area (Å²) in [4.78, 5) is 1.19. The maximum Gasteiger partial charge on any atom is 0.134 e.